The zero-order valence-corrected chi connectivity index (χ0v) is 6.41. The molecule has 0 amide bonds. The van der Waals surface area contributed by atoms with Crippen LogP contribution in [0.5, 0.6) is 0 Å². The third-order valence-electron chi connectivity index (χ3n) is 1.74. The van der Waals surface area contributed by atoms with Gasteiger partial charge in [-0.25, -0.2) is 9.18 Å². The van der Waals surface area contributed by atoms with Crippen molar-refractivity contribution in [2.24, 2.45) is 0 Å². The van der Waals surface area contributed by atoms with Gasteiger partial charge in [-0.1, -0.05) is 0 Å². The molecule has 0 spiro atoms. The second-order valence-corrected chi connectivity index (χ2v) is 2.59. The van der Waals surface area contributed by atoms with E-state index < -0.39 is 11.8 Å². The summed E-state index contributed by atoms with van der Waals surface area (Å²) in [5, 5.41) is 15.3. The lowest BCUT2D eigenvalue weighted by Gasteiger charge is -1.96. The topological polar surface area (TPSA) is 66.0 Å². The maximum atomic E-state index is 12.8. The average Bonchev–Trinajstić information content (AvgIpc) is 2.49. The molecule has 5 heteroatoms. The summed E-state index contributed by atoms with van der Waals surface area (Å²) in [6.45, 7) is 0. The van der Waals surface area contributed by atoms with E-state index in [1.165, 1.54) is 12.3 Å². The lowest BCUT2D eigenvalue weighted by atomic mass is 10.1. The number of halogens is 1. The van der Waals surface area contributed by atoms with E-state index in [0.29, 0.717) is 10.9 Å². The lowest BCUT2D eigenvalue weighted by Crippen LogP contribution is -1.98. The number of aromatic amines is 1. The molecule has 0 aliphatic carbocycles. The summed E-state index contributed by atoms with van der Waals surface area (Å²) in [7, 11) is 0. The standard InChI is InChI=1S/C8H5FN2O2/c9-5-1-4-3-10-11-7(4)6(2-5)8(12)13/h1-3H,(H,10,11)(H,12,13). The van der Waals surface area contributed by atoms with Gasteiger partial charge < -0.3 is 5.11 Å². The van der Waals surface area contributed by atoms with Crippen molar-refractivity contribution in [2.45, 2.75) is 0 Å². The Labute approximate surface area is 72.0 Å². The Hall–Kier alpha value is -1.91. The number of rotatable bonds is 1. The number of carboxylic acid groups (broad SMARTS) is 1. The van der Waals surface area contributed by atoms with Crippen molar-refractivity contribution in [3.05, 3.63) is 29.7 Å². The molecule has 2 aromatic rings. The minimum atomic E-state index is -1.17. The van der Waals surface area contributed by atoms with Crippen LogP contribution in [0.2, 0.25) is 0 Å². The number of carbonyl (C=O) groups is 1. The van der Waals surface area contributed by atoms with E-state index in [1.807, 2.05) is 0 Å². The van der Waals surface area contributed by atoms with Gasteiger partial charge in [-0.3, -0.25) is 5.10 Å². The van der Waals surface area contributed by atoms with Crippen LogP contribution in [-0.4, -0.2) is 21.3 Å². The number of carboxylic acids is 1. The predicted octanol–water partition coefficient (Wildman–Crippen LogP) is 1.40. The largest absolute Gasteiger partial charge is 0.478 e. The van der Waals surface area contributed by atoms with E-state index in [0.717, 1.165) is 6.07 Å². The van der Waals surface area contributed by atoms with Gasteiger partial charge in [0.25, 0.3) is 0 Å². The molecule has 0 radical (unpaired) electrons. The molecule has 0 bridgehead atoms. The number of nitrogens with zero attached hydrogens (tertiary/aromatic N) is 1. The first-order chi connectivity index (χ1) is 6.18. The van der Waals surface area contributed by atoms with Crippen LogP contribution in [0.3, 0.4) is 0 Å². The molecule has 2 rings (SSSR count). The maximum absolute atomic E-state index is 12.8. The summed E-state index contributed by atoms with van der Waals surface area (Å²) < 4.78 is 12.8. The van der Waals surface area contributed by atoms with Gasteiger partial charge in [0.15, 0.2) is 0 Å². The minimum absolute atomic E-state index is 0.104. The zero-order chi connectivity index (χ0) is 9.42. The van der Waals surface area contributed by atoms with E-state index >= 15 is 0 Å². The molecule has 1 heterocycles. The molecule has 2 N–H and O–H groups in total. The Balaban J connectivity index is 2.84. The minimum Gasteiger partial charge on any atom is -0.478 e. The Morgan fingerprint density at radius 3 is 3.00 bits per heavy atom. The first-order valence-electron chi connectivity index (χ1n) is 3.54. The predicted molar refractivity (Wildman–Crippen MR) is 43.0 cm³/mol. The summed E-state index contributed by atoms with van der Waals surface area (Å²) in [6.07, 6.45) is 1.38. The molecule has 0 fully saturated rings. The number of fused-ring (bicyclic) bond motifs is 1. The molecule has 1 aromatic carbocycles. The Kier molecular flexibility index (Phi) is 1.51. The summed E-state index contributed by atoms with van der Waals surface area (Å²) >= 11 is 0. The van der Waals surface area contributed by atoms with Crippen LogP contribution in [0.25, 0.3) is 10.9 Å². The van der Waals surface area contributed by atoms with Gasteiger partial charge in [-0.2, -0.15) is 5.10 Å². The molecule has 0 aliphatic rings. The molecule has 0 aliphatic heterocycles. The van der Waals surface area contributed by atoms with Crippen molar-refractivity contribution in [3.8, 4) is 0 Å². The third kappa shape index (κ3) is 1.14. The zero-order valence-electron chi connectivity index (χ0n) is 6.41. The lowest BCUT2D eigenvalue weighted by molar-refractivity contribution is 0.0698. The van der Waals surface area contributed by atoms with E-state index in [9.17, 15) is 9.18 Å². The van der Waals surface area contributed by atoms with Crippen molar-refractivity contribution in [3.63, 3.8) is 0 Å². The van der Waals surface area contributed by atoms with Gasteiger partial charge >= 0.3 is 5.97 Å². The van der Waals surface area contributed by atoms with Crippen molar-refractivity contribution < 1.29 is 14.3 Å². The normalized spacial score (nSPS) is 10.5. The van der Waals surface area contributed by atoms with Gasteiger partial charge in [-0.05, 0) is 12.1 Å². The fraction of sp³-hybridized carbons (Fsp3) is 0. The van der Waals surface area contributed by atoms with Crippen LogP contribution in [0, 0.1) is 5.82 Å². The average molecular weight is 180 g/mol. The fourth-order valence-electron chi connectivity index (χ4n) is 1.19. The van der Waals surface area contributed by atoms with Crippen molar-refractivity contribution in [1.82, 2.24) is 10.2 Å². The molecule has 4 nitrogen and oxygen atoms in total. The van der Waals surface area contributed by atoms with Crippen LogP contribution in [0.15, 0.2) is 18.3 Å². The first kappa shape index (κ1) is 7.72. The second-order valence-electron chi connectivity index (χ2n) is 2.59. The van der Waals surface area contributed by atoms with Gasteiger partial charge in [-0.15, -0.1) is 0 Å². The molecule has 66 valence electrons. The molecule has 1 aromatic heterocycles. The van der Waals surface area contributed by atoms with Gasteiger partial charge in [0.05, 0.1) is 17.3 Å². The number of aromatic nitrogens is 2. The molecular formula is C8H5FN2O2. The van der Waals surface area contributed by atoms with Crippen molar-refractivity contribution >= 4 is 16.9 Å². The third-order valence-corrected chi connectivity index (χ3v) is 1.74. The number of aromatic carboxylic acids is 1. The number of hydrogen-bond acceptors (Lipinski definition) is 2. The van der Waals surface area contributed by atoms with Crippen molar-refractivity contribution in [2.75, 3.05) is 0 Å². The van der Waals surface area contributed by atoms with Crippen LogP contribution < -0.4 is 0 Å². The highest BCUT2D eigenvalue weighted by atomic mass is 19.1. The number of hydrogen-bond donors (Lipinski definition) is 2. The molecule has 0 saturated heterocycles. The summed E-state index contributed by atoms with van der Waals surface area (Å²) in [5.74, 6) is -1.75. The van der Waals surface area contributed by atoms with Crippen LogP contribution in [0.4, 0.5) is 4.39 Å². The van der Waals surface area contributed by atoms with Crippen molar-refractivity contribution in [1.29, 1.82) is 0 Å². The summed E-state index contributed by atoms with van der Waals surface area (Å²) in [4.78, 5) is 10.7. The van der Waals surface area contributed by atoms with Gasteiger partial charge in [0, 0.05) is 5.39 Å². The smallest absolute Gasteiger partial charge is 0.337 e. The monoisotopic (exact) mass is 180 g/mol. The highest BCUT2D eigenvalue weighted by molar-refractivity contribution is 6.01. The van der Waals surface area contributed by atoms with Crippen LogP contribution in [0.1, 0.15) is 10.4 Å². The van der Waals surface area contributed by atoms with Gasteiger partial charge in [0.1, 0.15) is 5.82 Å². The number of H-pyrrole nitrogens is 1. The van der Waals surface area contributed by atoms with Crippen LogP contribution in [-0.2, 0) is 0 Å². The molecule has 0 saturated carbocycles. The highest BCUT2D eigenvalue weighted by Gasteiger charge is 2.11. The number of benzene rings is 1. The summed E-state index contributed by atoms with van der Waals surface area (Å²) in [6, 6.07) is 2.19. The summed E-state index contributed by atoms with van der Waals surface area (Å²) in [5.41, 5.74) is 0.237. The molecule has 0 atom stereocenters. The Morgan fingerprint density at radius 2 is 2.31 bits per heavy atom. The fourth-order valence-corrected chi connectivity index (χ4v) is 1.19. The molecule has 0 unspecified atom stereocenters. The SMILES string of the molecule is O=C(O)c1cc(F)cc2cn[nH]c12. The first-order valence-corrected chi connectivity index (χ1v) is 3.54. The van der Waals surface area contributed by atoms with Gasteiger partial charge in [0.2, 0.25) is 0 Å². The second kappa shape index (κ2) is 2.55. The van der Waals surface area contributed by atoms with E-state index in [1.54, 1.807) is 0 Å². The Bertz CT molecular complexity index is 478. The van der Waals surface area contributed by atoms with E-state index in [-0.39, 0.29) is 5.56 Å². The van der Waals surface area contributed by atoms with Crippen LogP contribution >= 0.6 is 0 Å². The van der Waals surface area contributed by atoms with E-state index in [2.05, 4.69) is 10.2 Å². The highest BCUT2D eigenvalue weighted by Crippen LogP contribution is 2.17. The number of nitrogens with one attached hydrogen (secondary N) is 1. The molecular weight excluding hydrogens is 175 g/mol. The quantitative estimate of drug-likeness (QED) is 0.697. The molecule has 13 heavy (non-hydrogen) atoms. The maximum Gasteiger partial charge on any atom is 0.337 e. The van der Waals surface area contributed by atoms with E-state index in [4.69, 9.17) is 5.11 Å². The Morgan fingerprint density at radius 1 is 1.54 bits per heavy atom.